The topological polar surface area (TPSA) is 34.4 Å². The Balaban J connectivity index is 1.77. The zero-order valence-corrected chi connectivity index (χ0v) is 15.9. The Morgan fingerprint density at radius 2 is 1.88 bits per heavy atom. The molecule has 0 bridgehead atoms. The molecule has 4 heteroatoms. The molecule has 0 aliphatic heterocycles. The van der Waals surface area contributed by atoms with Gasteiger partial charge in [-0.2, -0.15) is 4.99 Å². The molecule has 4 rings (SSSR count). The lowest BCUT2D eigenvalue weighted by molar-refractivity contribution is -0.117. The fourth-order valence-electron chi connectivity index (χ4n) is 3.32. The molecule has 0 aliphatic rings. The van der Waals surface area contributed by atoms with E-state index in [9.17, 15) is 4.79 Å². The molecule has 1 amide bonds. The first kappa shape index (κ1) is 16.7. The first-order valence-electron chi connectivity index (χ1n) is 8.64. The second-order valence-corrected chi connectivity index (χ2v) is 7.67. The van der Waals surface area contributed by atoms with Gasteiger partial charge in [0.25, 0.3) is 5.91 Å². The van der Waals surface area contributed by atoms with Crippen LogP contribution < -0.4 is 4.80 Å². The SMILES string of the molecule is Cc1ccc(CC(=O)N=c2sc3c4ccccc4ccc3n2C)c(C)c1. The number of aryl methyl sites for hydroxylation is 3. The van der Waals surface area contributed by atoms with Gasteiger partial charge in [0.2, 0.25) is 0 Å². The van der Waals surface area contributed by atoms with Crippen LogP contribution in [0.15, 0.2) is 59.6 Å². The summed E-state index contributed by atoms with van der Waals surface area (Å²) in [6.45, 7) is 4.10. The zero-order valence-electron chi connectivity index (χ0n) is 15.1. The monoisotopic (exact) mass is 360 g/mol. The number of hydrogen-bond acceptors (Lipinski definition) is 2. The van der Waals surface area contributed by atoms with E-state index in [1.807, 2.05) is 42.8 Å². The van der Waals surface area contributed by atoms with E-state index < -0.39 is 0 Å². The van der Waals surface area contributed by atoms with Crippen molar-refractivity contribution in [3.63, 3.8) is 0 Å². The summed E-state index contributed by atoms with van der Waals surface area (Å²) < 4.78 is 3.18. The summed E-state index contributed by atoms with van der Waals surface area (Å²) >= 11 is 1.57. The number of thiazole rings is 1. The second kappa shape index (κ2) is 6.54. The lowest BCUT2D eigenvalue weighted by Crippen LogP contribution is -2.14. The average molecular weight is 360 g/mol. The van der Waals surface area contributed by atoms with Gasteiger partial charge in [-0.1, -0.05) is 65.4 Å². The number of amides is 1. The third-order valence-electron chi connectivity index (χ3n) is 4.76. The van der Waals surface area contributed by atoms with Crippen LogP contribution in [0.25, 0.3) is 21.0 Å². The molecular weight excluding hydrogens is 340 g/mol. The quantitative estimate of drug-likeness (QED) is 0.511. The molecule has 0 spiro atoms. The molecule has 130 valence electrons. The fourth-order valence-corrected chi connectivity index (χ4v) is 4.49. The molecule has 0 atom stereocenters. The van der Waals surface area contributed by atoms with Gasteiger partial charge in [0.05, 0.1) is 16.6 Å². The first-order chi connectivity index (χ1) is 12.5. The Hall–Kier alpha value is -2.72. The van der Waals surface area contributed by atoms with E-state index in [4.69, 9.17) is 0 Å². The highest BCUT2D eigenvalue weighted by Gasteiger charge is 2.09. The standard InChI is InChI=1S/C22H20N2OS/c1-14-8-9-17(15(2)12-14)13-20(25)23-22-24(3)19-11-10-16-6-4-5-7-18(16)21(19)26-22/h4-12H,13H2,1-3H3. The van der Waals surface area contributed by atoms with E-state index in [1.54, 1.807) is 11.3 Å². The van der Waals surface area contributed by atoms with Gasteiger partial charge in [-0.05, 0) is 36.4 Å². The van der Waals surface area contributed by atoms with Crippen LogP contribution in [0, 0.1) is 13.8 Å². The number of carbonyl (C=O) groups excluding carboxylic acids is 1. The summed E-state index contributed by atoms with van der Waals surface area (Å²) in [6, 6.07) is 18.7. The number of hydrogen-bond donors (Lipinski definition) is 0. The molecule has 3 aromatic carbocycles. The lowest BCUT2D eigenvalue weighted by atomic mass is 10.0. The molecule has 1 heterocycles. The molecule has 0 N–H and O–H groups in total. The summed E-state index contributed by atoms with van der Waals surface area (Å²) in [5.41, 5.74) is 4.49. The lowest BCUT2D eigenvalue weighted by Gasteiger charge is -2.04. The van der Waals surface area contributed by atoms with Crippen molar-refractivity contribution in [2.75, 3.05) is 0 Å². The number of aromatic nitrogens is 1. The van der Waals surface area contributed by atoms with E-state index >= 15 is 0 Å². The molecule has 3 nitrogen and oxygen atoms in total. The highest BCUT2D eigenvalue weighted by molar-refractivity contribution is 7.17. The summed E-state index contributed by atoms with van der Waals surface area (Å²) in [5.74, 6) is -0.108. The Morgan fingerprint density at radius 1 is 1.08 bits per heavy atom. The minimum atomic E-state index is -0.108. The normalized spacial score (nSPS) is 12.2. The summed E-state index contributed by atoms with van der Waals surface area (Å²) in [4.78, 5) is 17.7. The Bertz CT molecular complexity index is 1210. The summed E-state index contributed by atoms with van der Waals surface area (Å²) in [7, 11) is 1.97. The molecular formula is C22H20N2OS. The van der Waals surface area contributed by atoms with Crippen molar-refractivity contribution in [2.24, 2.45) is 12.0 Å². The van der Waals surface area contributed by atoms with Crippen LogP contribution in [-0.4, -0.2) is 10.5 Å². The van der Waals surface area contributed by atoms with Crippen molar-refractivity contribution >= 4 is 38.2 Å². The molecule has 0 saturated carbocycles. The average Bonchev–Trinajstić information content (AvgIpc) is 2.94. The van der Waals surface area contributed by atoms with Gasteiger partial charge in [0, 0.05) is 12.4 Å². The number of rotatable bonds is 2. The van der Waals surface area contributed by atoms with Crippen LogP contribution in [0.5, 0.6) is 0 Å². The van der Waals surface area contributed by atoms with Crippen molar-refractivity contribution in [3.05, 3.63) is 76.1 Å². The van der Waals surface area contributed by atoms with Gasteiger partial charge < -0.3 is 4.57 Å². The Kier molecular flexibility index (Phi) is 4.21. The number of nitrogens with zero attached hydrogens (tertiary/aromatic N) is 2. The van der Waals surface area contributed by atoms with Crippen molar-refractivity contribution in [1.29, 1.82) is 0 Å². The predicted molar refractivity (Wildman–Crippen MR) is 108 cm³/mol. The van der Waals surface area contributed by atoms with Gasteiger partial charge in [0.1, 0.15) is 0 Å². The third-order valence-corrected chi connectivity index (χ3v) is 5.94. The van der Waals surface area contributed by atoms with Gasteiger partial charge >= 0.3 is 0 Å². The third kappa shape index (κ3) is 2.97. The van der Waals surface area contributed by atoms with E-state index in [1.165, 1.54) is 21.0 Å². The molecule has 0 radical (unpaired) electrons. The highest BCUT2D eigenvalue weighted by atomic mass is 32.1. The van der Waals surface area contributed by atoms with E-state index in [2.05, 4.69) is 42.2 Å². The van der Waals surface area contributed by atoms with Crippen molar-refractivity contribution < 1.29 is 4.79 Å². The van der Waals surface area contributed by atoms with Crippen LogP contribution >= 0.6 is 11.3 Å². The number of carbonyl (C=O) groups is 1. The second-order valence-electron chi connectivity index (χ2n) is 6.69. The van der Waals surface area contributed by atoms with Gasteiger partial charge in [-0.25, -0.2) is 0 Å². The van der Waals surface area contributed by atoms with E-state index in [0.29, 0.717) is 6.42 Å². The van der Waals surface area contributed by atoms with Crippen molar-refractivity contribution in [2.45, 2.75) is 20.3 Å². The molecule has 0 saturated heterocycles. The molecule has 26 heavy (non-hydrogen) atoms. The summed E-state index contributed by atoms with van der Waals surface area (Å²) in [6.07, 6.45) is 0.334. The van der Waals surface area contributed by atoms with Crippen molar-refractivity contribution in [3.8, 4) is 0 Å². The molecule has 4 aromatic rings. The number of benzene rings is 3. The zero-order chi connectivity index (χ0) is 18.3. The molecule has 0 unspecified atom stereocenters. The van der Waals surface area contributed by atoms with Crippen molar-refractivity contribution in [1.82, 2.24) is 4.57 Å². The minimum absolute atomic E-state index is 0.108. The minimum Gasteiger partial charge on any atom is -0.319 e. The summed E-state index contributed by atoms with van der Waals surface area (Å²) in [5, 5.41) is 2.41. The largest absolute Gasteiger partial charge is 0.319 e. The maximum Gasteiger partial charge on any atom is 0.252 e. The maximum atomic E-state index is 12.5. The van der Waals surface area contributed by atoms with E-state index in [0.717, 1.165) is 21.4 Å². The molecule has 0 aliphatic carbocycles. The van der Waals surface area contributed by atoms with Crippen LogP contribution in [0.2, 0.25) is 0 Å². The van der Waals surface area contributed by atoms with Crippen LogP contribution in [-0.2, 0) is 18.3 Å². The van der Waals surface area contributed by atoms with Crippen LogP contribution in [0.3, 0.4) is 0 Å². The highest BCUT2D eigenvalue weighted by Crippen LogP contribution is 2.27. The number of fused-ring (bicyclic) bond motifs is 3. The van der Waals surface area contributed by atoms with Gasteiger partial charge in [-0.15, -0.1) is 0 Å². The van der Waals surface area contributed by atoms with Crippen LogP contribution in [0.1, 0.15) is 16.7 Å². The van der Waals surface area contributed by atoms with Crippen LogP contribution in [0.4, 0.5) is 0 Å². The molecule has 0 fully saturated rings. The fraction of sp³-hybridized carbons (Fsp3) is 0.182. The predicted octanol–water partition coefficient (Wildman–Crippen LogP) is 4.68. The van der Waals surface area contributed by atoms with E-state index in [-0.39, 0.29) is 5.91 Å². The smallest absolute Gasteiger partial charge is 0.252 e. The van der Waals surface area contributed by atoms with Gasteiger partial charge in [0.15, 0.2) is 4.80 Å². The maximum absolute atomic E-state index is 12.5. The van der Waals surface area contributed by atoms with Gasteiger partial charge in [-0.3, -0.25) is 4.79 Å². The molecule has 1 aromatic heterocycles. The Morgan fingerprint density at radius 3 is 2.69 bits per heavy atom. The first-order valence-corrected chi connectivity index (χ1v) is 9.45. The Labute approximate surface area is 156 Å².